The van der Waals surface area contributed by atoms with E-state index in [0.717, 1.165) is 15.5 Å². The van der Waals surface area contributed by atoms with Gasteiger partial charge in [0.05, 0.1) is 9.83 Å². The summed E-state index contributed by atoms with van der Waals surface area (Å²) in [5.41, 5.74) is 2.60. The number of thiophene rings is 1. The Bertz CT molecular complexity index is 580. The molecule has 1 nitrogen and oxygen atoms in total. The maximum Gasteiger partial charge on any atom is 0.0704 e. The highest BCUT2D eigenvalue weighted by atomic mass is 79.9. The fourth-order valence-electron chi connectivity index (χ4n) is 2.07. The van der Waals surface area contributed by atoms with E-state index in [9.17, 15) is 0 Å². The SMILES string of the molecule is CCNC(c1ccc(Br)cc1Br)c1cc(Br)sc1C. The number of halogens is 3. The van der Waals surface area contributed by atoms with Crippen LogP contribution in [0.4, 0.5) is 0 Å². The third-order valence-corrected chi connectivity index (χ3v) is 5.67. The van der Waals surface area contributed by atoms with Gasteiger partial charge < -0.3 is 5.32 Å². The molecule has 19 heavy (non-hydrogen) atoms. The van der Waals surface area contributed by atoms with Gasteiger partial charge in [0.2, 0.25) is 0 Å². The van der Waals surface area contributed by atoms with Crippen molar-refractivity contribution < 1.29 is 0 Å². The van der Waals surface area contributed by atoms with E-state index in [-0.39, 0.29) is 6.04 Å². The van der Waals surface area contributed by atoms with E-state index in [1.807, 2.05) is 0 Å². The maximum atomic E-state index is 3.67. The van der Waals surface area contributed by atoms with Crippen molar-refractivity contribution in [2.75, 3.05) is 6.54 Å². The van der Waals surface area contributed by atoms with Gasteiger partial charge in [0.15, 0.2) is 0 Å². The van der Waals surface area contributed by atoms with Crippen molar-refractivity contribution in [2.24, 2.45) is 0 Å². The zero-order valence-corrected chi connectivity index (χ0v) is 16.2. The van der Waals surface area contributed by atoms with E-state index < -0.39 is 0 Å². The molecular weight excluding hydrogens is 454 g/mol. The summed E-state index contributed by atoms with van der Waals surface area (Å²) in [6.45, 7) is 5.23. The first kappa shape index (κ1) is 15.7. The number of aryl methyl sites for hydroxylation is 1. The lowest BCUT2D eigenvalue weighted by Crippen LogP contribution is -2.22. The van der Waals surface area contributed by atoms with Gasteiger partial charge in [-0.05, 0) is 58.7 Å². The number of hydrogen-bond donors (Lipinski definition) is 1. The Labute approximate surface area is 143 Å². The van der Waals surface area contributed by atoms with Crippen molar-refractivity contribution in [1.29, 1.82) is 0 Å². The van der Waals surface area contributed by atoms with Crippen LogP contribution in [0.25, 0.3) is 0 Å². The van der Waals surface area contributed by atoms with Crippen molar-refractivity contribution in [1.82, 2.24) is 5.32 Å². The summed E-state index contributed by atoms with van der Waals surface area (Å²) >= 11 is 12.5. The molecule has 1 N–H and O–H groups in total. The molecule has 2 aromatic rings. The zero-order chi connectivity index (χ0) is 14.0. The van der Waals surface area contributed by atoms with Crippen LogP contribution in [0.3, 0.4) is 0 Å². The smallest absolute Gasteiger partial charge is 0.0704 e. The van der Waals surface area contributed by atoms with E-state index in [4.69, 9.17) is 0 Å². The molecule has 0 bridgehead atoms. The molecular formula is C14H14Br3NS. The first-order valence-electron chi connectivity index (χ1n) is 5.97. The van der Waals surface area contributed by atoms with Gasteiger partial charge in [-0.2, -0.15) is 0 Å². The van der Waals surface area contributed by atoms with Crippen LogP contribution in [0.1, 0.15) is 29.0 Å². The molecule has 1 heterocycles. The molecule has 0 spiro atoms. The first-order chi connectivity index (χ1) is 9.02. The Hall–Kier alpha value is 0.320. The highest BCUT2D eigenvalue weighted by Gasteiger charge is 2.19. The minimum absolute atomic E-state index is 0.218. The summed E-state index contributed by atoms with van der Waals surface area (Å²) in [5.74, 6) is 0. The number of hydrogen-bond acceptors (Lipinski definition) is 2. The summed E-state index contributed by atoms with van der Waals surface area (Å²) in [6.07, 6.45) is 0. The molecule has 1 aromatic heterocycles. The van der Waals surface area contributed by atoms with Gasteiger partial charge in [0, 0.05) is 13.8 Å². The largest absolute Gasteiger partial charge is 0.306 e. The lowest BCUT2D eigenvalue weighted by atomic mass is 9.99. The highest BCUT2D eigenvalue weighted by Crippen LogP contribution is 2.36. The molecule has 5 heteroatoms. The quantitative estimate of drug-likeness (QED) is 0.577. The van der Waals surface area contributed by atoms with E-state index >= 15 is 0 Å². The Balaban J connectivity index is 2.48. The van der Waals surface area contributed by atoms with Crippen molar-refractivity contribution in [3.63, 3.8) is 0 Å². The lowest BCUT2D eigenvalue weighted by Gasteiger charge is -2.20. The van der Waals surface area contributed by atoms with Crippen LogP contribution in [0.5, 0.6) is 0 Å². The molecule has 0 aliphatic rings. The average molecular weight is 468 g/mol. The van der Waals surface area contributed by atoms with Crippen LogP contribution >= 0.6 is 59.1 Å². The Morgan fingerprint density at radius 3 is 2.42 bits per heavy atom. The third-order valence-electron chi connectivity index (χ3n) is 2.92. The van der Waals surface area contributed by atoms with Crippen LogP contribution in [0, 0.1) is 6.92 Å². The molecule has 102 valence electrons. The van der Waals surface area contributed by atoms with Gasteiger partial charge >= 0.3 is 0 Å². The Kier molecular flexibility index (Phi) is 5.66. The molecule has 2 rings (SSSR count). The Morgan fingerprint density at radius 2 is 1.89 bits per heavy atom. The van der Waals surface area contributed by atoms with E-state index in [1.54, 1.807) is 11.3 Å². The summed E-state index contributed by atoms with van der Waals surface area (Å²) in [6, 6.07) is 8.77. The molecule has 1 aromatic carbocycles. The maximum absolute atomic E-state index is 3.67. The summed E-state index contributed by atoms with van der Waals surface area (Å²) < 4.78 is 3.38. The standard InChI is InChI=1S/C14H14Br3NS/c1-3-18-14(11-7-13(17)19-8(11)2)10-5-4-9(15)6-12(10)16/h4-7,14,18H,3H2,1-2H3. The number of rotatable bonds is 4. The predicted octanol–water partition coefficient (Wildman–Crippen LogP) is 6.04. The van der Waals surface area contributed by atoms with Gasteiger partial charge in [-0.15, -0.1) is 11.3 Å². The zero-order valence-electron chi connectivity index (χ0n) is 10.6. The van der Waals surface area contributed by atoms with Gasteiger partial charge in [-0.1, -0.05) is 44.8 Å². The van der Waals surface area contributed by atoms with Gasteiger partial charge in [-0.25, -0.2) is 0 Å². The fraction of sp³-hybridized carbons (Fsp3) is 0.286. The van der Waals surface area contributed by atoms with Crippen LogP contribution in [0.15, 0.2) is 37.0 Å². The molecule has 0 aliphatic heterocycles. The predicted molar refractivity (Wildman–Crippen MR) is 94.1 cm³/mol. The second-order valence-electron chi connectivity index (χ2n) is 4.22. The van der Waals surface area contributed by atoms with E-state index in [1.165, 1.54) is 19.8 Å². The van der Waals surface area contributed by atoms with Crippen molar-refractivity contribution in [2.45, 2.75) is 19.9 Å². The normalized spacial score (nSPS) is 12.7. The first-order valence-corrected chi connectivity index (χ1v) is 9.16. The molecule has 1 atom stereocenters. The third kappa shape index (κ3) is 3.70. The molecule has 0 radical (unpaired) electrons. The van der Waals surface area contributed by atoms with Crippen molar-refractivity contribution >= 4 is 59.1 Å². The molecule has 0 fully saturated rings. The van der Waals surface area contributed by atoms with E-state index in [0.29, 0.717) is 0 Å². The molecule has 1 unspecified atom stereocenters. The second kappa shape index (κ2) is 6.85. The van der Waals surface area contributed by atoms with Gasteiger partial charge in [0.1, 0.15) is 0 Å². The fourth-order valence-corrected chi connectivity index (χ4v) is 5.10. The van der Waals surface area contributed by atoms with Crippen molar-refractivity contribution in [3.05, 3.63) is 53.0 Å². The number of benzene rings is 1. The van der Waals surface area contributed by atoms with Crippen LogP contribution < -0.4 is 5.32 Å². The summed E-state index contributed by atoms with van der Waals surface area (Å²) in [4.78, 5) is 1.34. The van der Waals surface area contributed by atoms with Crippen LogP contribution in [0.2, 0.25) is 0 Å². The molecule has 0 saturated carbocycles. The topological polar surface area (TPSA) is 12.0 Å². The molecule has 0 aliphatic carbocycles. The van der Waals surface area contributed by atoms with Gasteiger partial charge in [-0.3, -0.25) is 0 Å². The number of nitrogens with one attached hydrogen (secondary N) is 1. The van der Waals surface area contributed by atoms with Crippen molar-refractivity contribution in [3.8, 4) is 0 Å². The van der Waals surface area contributed by atoms with Crippen LogP contribution in [-0.2, 0) is 0 Å². The van der Waals surface area contributed by atoms with E-state index in [2.05, 4.69) is 91.2 Å². The second-order valence-corrected chi connectivity index (χ2v) is 8.62. The van der Waals surface area contributed by atoms with Crippen LogP contribution in [-0.4, -0.2) is 6.54 Å². The summed E-state index contributed by atoms with van der Waals surface area (Å²) in [7, 11) is 0. The Morgan fingerprint density at radius 1 is 1.16 bits per heavy atom. The minimum atomic E-state index is 0.218. The average Bonchev–Trinajstić information content (AvgIpc) is 2.66. The molecule has 0 saturated heterocycles. The minimum Gasteiger partial charge on any atom is -0.306 e. The molecule has 0 amide bonds. The highest BCUT2D eigenvalue weighted by molar-refractivity contribution is 9.11. The summed E-state index contributed by atoms with van der Waals surface area (Å²) in [5, 5.41) is 3.57. The lowest BCUT2D eigenvalue weighted by molar-refractivity contribution is 0.627. The van der Waals surface area contributed by atoms with Gasteiger partial charge in [0.25, 0.3) is 0 Å². The monoisotopic (exact) mass is 465 g/mol.